The first-order chi connectivity index (χ1) is 18.6. The van der Waals surface area contributed by atoms with Crippen LogP contribution in [0, 0.1) is 18.8 Å². The maximum absolute atomic E-state index is 11.8. The maximum atomic E-state index is 11.8. The lowest BCUT2D eigenvalue weighted by Gasteiger charge is -2.27. The van der Waals surface area contributed by atoms with Crippen LogP contribution in [0.2, 0.25) is 0 Å². The highest BCUT2D eigenvalue weighted by Gasteiger charge is 2.30. The molecule has 3 aromatic rings. The van der Waals surface area contributed by atoms with Gasteiger partial charge < -0.3 is 19.1 Å². The van der Waals surface area contributed by atoms with Crippen molar-refractivity contribution in [3.8, 4) is 11.5 Å². The van der Waals surface area contributed by atoms with E-state index in [0.29, 0.717) is 24.0 Å². The highest BCUT2D eigenvalue weighted by atomic mass is 32.2. The van der Waals surface area contributed by atoms with Gasteiger partial charge in [-0.3, -0.25) is 4.79 Å². The molecule has 0 bridgehead atoms. The summed E-state index contributed by atoms with van der Waals surface area (Å²) in [7, 11) is -0.406. The summed E-state index contributed by atoms with van der Waals surface area (Å²) in [6.07, 6.45) is 9.47. The maximum Gasteiger partial charge on any atom is 0.257 e. The minimum Gasteiger partial charge on any atom is -0.496 e. The second-order valence-electron chi connectivity index (χ2n) is 10.2. The summed E-state index contributed by atoms with van der Waals surface area (Å²) < 4.78 is 37.6. The third-order valence-electron chi connectivity index (χ3n) is 7.27. The average Bonchev–Trinajstić information content (AvgIpc) is 3.52. The van der Waals surface area contributed by atoms with Crippen LogP contribution in [0.25, 0.3) is 6.08 Å². The number of carbonyl (C=O) groups is 1. The molecule has 39 heavy (non-hydrogen) atoms. The highest BCUT2D eigenvalue weighted by molar-refractivity contribution is 7.89. The van der Waals surface area contributed by atoms with Gasteiger partial charge in [0.25, 0.3) is 5.91 Å². The number of benzene rings is 2. The number of carbonyl (C=O) groups excluding carboxylic acids is 1. The number of aliphatic hydroxyl groups is 1. The molecule has 8 nitrogen and oxygen atoms in total. The van der Waals surface area contributed by atoms with Crippen LogP contribution in [-0.2, 0) is 34.2 Å². The minimum absolute atomic E-state index is 0.112. The number of rotatable bonds is 11. The number of aromatic nitrogens is 1. The van der Waals surface area contributed by atoms with Gasteiger partial charge >= 0.3 is 0 Å². The second-order valence-corrected chi connectivity index (χ2v) is 12.0. The quantitative estimate of drug-likeness (QED) is 0.348. The van der Waals surface area contributed by atoms with E-state index in [1.165, 1.54) is 17.2 Å². The van der Waals surface area contributed by atoms with Crippen LogP contribution in [0.1, 0.15) is 40.3 Å². The first-order valence-electron chi connectivity index (χ1n) is 12.9. The van der Waals surface area contributed by atoms with Crippen molar-refractivity contribution in [1.29, 1.82) is 0 Å². The van der Waals surface area contributed by atoms with Crippen molar-refractivity contribution in [2.45, 2.75) is 38.8 Å². The van der Waals surface area contributed by atoms with Gasteiger partial charge in [0.1, 0.15) is 11.5 Å². The molecular formula is C30H36N2O6S. The Morgan fingerprint density at radius 2 is 1.74 bits per heavy atom. The molecule has 1 aromatic heterocycles. The molecule has 0 saturated carbocycles. The summed E-state index contributed by atoms with van der Waals surface area (Å²) in [5, 5.41) is 11.7. The molecule has 208 valence electrons. The SMILES string of the molecule is COc1cc([C@@H](O)[C@H](CC2Cc3ccccc3C2)Cn2ccc(/C=C/C(=O)NS(C)(=O)=O)c2)cc(OC)c1C. The van der Waals surface area contributed by atoms with Gasteiger partial charge in [-0.1, -0.05) is 24.3 Å². The monoisotopic (exact) mass is 552 g/mol. The fraction of sp³-hybridized carbons (Fsp3) is 0.367. The predicted molar refractivity (Wildman–Crippen MR) is 151 cm³/mol. The molecule has 2 aromatic carbocycles. The molecule has 1 aliphatic carbocycles. The number of nitrogens with zero attached hydrogens (tertiary/aromatic N) is 1. The topological polar surface area (TPSA) is 107 Å². The summed E-state index contributed by atoms with van der Waals surface area (Å²) in [6.45, 7) is 2.47. The lowest BCUT2D eigenvalue weighted by molar-refractivity contribution is -0.114. The summed E-state index contributed by atoms with van der Waals surface area (Å²) in [4.78, 5) is 11.8. The summed E-state index contributed by atoms with van der Waals surface area (Å²) in [5.74, 6) is 0.916. The highest BCUT2D eigenvalue weighted by Crippen LogP contribution is 2.39. The van der Waals surface area contributed by atoms with Crippen LogP contribution in [0.4, 0.5) is 0 Å². The number of ether oxygens (including phenoxy) is 2. The molecule has 0 spiro atoms. The third-order valence-corrected chi connectivity index (χ3v) is 7.84. The lowest BCUT2D eigenvalue weighted by atomic mass is 9.85. The standard InChI is InChI=1S/C30H36N2O6S/c1-20-27(37-2)16-25(17-28(20)38-3)30(34)26(15-22-13-23-7-5-6-8-24(23)14-22)19-32-12-11-21(18-32)9-10-29(33)31-39(4,35)36/h5-12,16-18,22,26,30,34H,13-15,19H2,1-4H3,(H,31,33)/b10-9+/t26-,30-/m1/s1. The van der Waals surface area contributed by atoms with Crippen molar-refractivity contribution in [3.05, 3.63) is 88.8 Å². The minimum atomic E-state index is -3.62. The van der Waals surface area contributed by atoms with Gasteiger partial charge in [0.05, 0.1) is 26.6 Å². The Bertz CT molecular complexity index is 1410. The molecule has 0 unspecified atom stereocenters. The predicted octanol–water partition coefficient (Wildman–Crippen LogP) is 4.06. The second kappa shape index (κ2) is 12.1. The van der Waals surface area contributed by atoms with Crippen molar-refractivity contribution in [2.24, 2.45) is 11.8 Å². The molecule has 0 radical (unpaired) electrons. The van der Waals surface area contributed by atoms with E-state index in [9.17, 15) is 18.3 Å². The summed E-state index contributed by atoms with van der Waals surface area (Å²) >= 11 is 0. The van der Waals surface area contributed by atoms with E-state index in [-0.39, 0.29) is 5.92 Å². The van der Waals surface area contributed by atoms with Gasteiger partial charge in [-0.25, -0.2) is 13.1 Å². The molecular weight excluding hydrogens is 516 g/mol. The van der Waals surface area contributed by atoms with Crippen LogP contribution >= 0.6 is 0 Å². The van der Waals surface area contributed by atoms with E-state index in [4.69, 9.17) is 9.47 Å². The van der Waals surface area contributed by atoms with E-state index in [0.717, 1.165) is 42.2 Å². The number of hydrogen-bond acceptors (Lipinski definition) is 6. The van der Waals surface area contributed by atoms with Crippen molar-refractivity contribution in [1.82, 2.24) is 9.29 Å². The number of amides is 1. The Labute approximate surface area is 230 Å². The molecule has 0 saturated heterocycles. The van der Waals surface area contributed by atoms with E-state index < -0.39 is 22.0 Å². The van der Waals surface area contributed by atoms with Crippen LogP contribution < -0.4 is 14.2 Å². The van der Waals surface area contributed by atoms with Crippen molar-refractivity contribution < 1.29 is 27.8 Å². The van der Waals surface area contributed by atoms with Gasteiger partial charge in [-0.05, 0) is 78.6 Å². The van der Waals surface area contributed by atoms with Crippen LogP contribution in [0.3, 0.4) is 0 Å². The van der Waals surface area contributed by atoms with Crippen molar-refractivity contribution >= 4 is 22.0 Å². The Hall–Kier alpha value is -3.56. The van der Waals surface area contributed by atoms with Crippen LogP contribution in [-0.4, -0.2) is 44.5 Å². The molecule has 0 aliphatic heterocycles. The van der Waals surface area contributed by atoms with E-state index >= 15 is 0 Å². The number of hydrogen-bond donors (Lipinski definition) is 2. The molecule has 1 aliphatic rings. The Morgan fingerprint density at radius 3 is 2.31 bits per heavy atom. The molecule has 9 heteroatoms. The third kappa shape index (κ3) is 7.30. The first-order valence-corrected chi connectivity index (χ1v) is 14.8. The van der Waals surface area contributed by atoms with Gasteiger partial charge in [0, 0.05) is 36.5 Å². The van der Waals surface area contributed by atoms with Crippen molar-refractivity contribution in [2.75, 3.05) is 20.5 Å². The molecule has 4 rings (SSSR count). The van der Waals surface area contributed by atoms with Gasteiger partial charge in [-0.15, -0.1) is 0 Å². The largest absolute Gasteiger partial charge is 0.496 e. The first kappa shape index (κ1) is 28.4. The number of aliphatic hydroxyl groups excluding tert-OH is 1. The number of nitrogens with one attached hydrogen (secondary N) is 1. The summed E-state index contributed by atoms with van der Waals surface area (Å²) in [5.41, 5.74) is 5.10. The van der Waals surface area contributed by atoms with Crippen molar-refractivity contribution in [3.63, 3.8) is 0 Å². The summed E-state index contributed by atoms with van der Waals surface area (Å²) in [6, 6.07) is 14.1. The zero-order valence-electron chi connectivity index (χ0n) is 22.8. The molecule has 2 atom stereocenters. The van der Waals surface area contributed by atoms with Gasteiger partial charge in [-0.2, -0.15) is 0 Å². The molecule has 0 fully saturated rings. The van der Waals surface area contributed by atoms with E-state index in [2.05, 4.69) is 24.3 Å². The molecule has 1 amide bonds. The Balaban J connectivity index is 1.57. The van der Waals surface area contributed by atoms with Gasteiger partial charge in [0.2, 0.25) is 10.0 Å². The van der Waals surface area contributed by atoms with E-state index in [1.807, 2.05) is 46.8 Å². The molecule has 1 heterocycles. The number of fused-ring (bicyclic) bond motifs is 1. The van der Waals surface area contributed by atoms with Crippen LogP contribution in [0.5, 0.6) is 11.5 Å². The van der Waals surface area contributed by atoms with Crippen LogP contribution in [0.15, 0.2) is 60.9 Å². The Morgan fingerprint density at radius 1 is 1.13 bits per heavy atom. The number of methoxy groups -OCH3 is 2. The average molecular weight is 553 g/mol. The zero-order valence-corrected chi connectivity index (χ0v) is 23.6. The Kier molecular flexibility index (Phi) is 8.82. The zero-order chi connectivity index (χ0) is 28.2. The number of sulfonamides is 1. The van der Waals surface area contributed by atoms with E-state index in [1.54, 1.807) is 20.3 Å². The normalized spacial score (nSPS) is 15.2. The molecule has 2 N–H and O–H groups in total. The van der Waals surface area contributed by atoms with Gasteiger partial charge in [0.15, 0.2) is 0 Å². The lowest BCUT2D eigenvalue weighted by Crippen LogP contribution is -2.27. The smallest absolute Gasteiger partial charge is 0.257 e. The fourth-order valence-electron chi connectivity index (χ4n) is 5.43. The fourth-order valence-corrected chi connectivity index (χ4v) is 5.86.